The lowest BCUT2D eigenvalue weighted by molar-refractivity contribution is -0.138. The summed E-state index contributed by atoms with van der Waals surface area (Å²) in [7, 11) is 1.98. The van der Waals surface area contributed by atoms with Crippen LogP contribution in [0.1, 0.15) is 86.5 Å². The van der Waals surface area contributed by atoms with Gasteiger partial charge in [-0.1, -0.05) is 24.3 Å². The average molecular weight is 888 g/mol. The lowest BCUT2D eigenvalue weighted by atomic mass is 9.98. The Morgan fingerprint density at radius 2 is 1.64 bits per heavy atom. The Bertz CT molecular complexity index is 2590. The van der Waals surface area contributed by atoms with Crippen LogP contribution in [-0.4, -0.2) is 108 Å². The van der Waals surface area contributed by atoms with Crippen LogP contribution in [0.2, 0.25) is 0 Å². The topological polar surface area (TPSA) is 190 Å². The van der Waals surface area contributed by atoms with Gasteiger partial charge in [0.15, 0.2) is 5.78 Å². The van der Waals surface area contributed by atoms with Crippen LogP contribution in [0.25, 0.3) is 11.1 Å². The third-order valence-electron chi connectivity index (χ3n) is 11.7. The quantitative estimate of drug-likeness (QED) is 0.0544. The van der Waals surface area contributed by atoms with Crippen molar-refractivity contribution >= 4 is 52.4 Å². The van der Waals surface area contributed by atoms with Gasteiger partial charge in [0.05, 0.1) is 40.2 Å². The molecule has 3 aromatic carbocycles. The summed E-state index contributed by atoms with van der Waals surface area (Å²) in [5, 5.41) is 7.82. The first-order chi connectivity index (χ1) is 30.4. The van der Waals surface area contributed by atoms with Crippen LogP contribution < -0.4 is 26.4 Å². The van der Waals surface area contributed by atoms with Crippen molar-refractivity contribution in [1.82, 2.24) is 20.1 Å². The summed E-state index contributed by atoms with van der Waals surface area (Å²) in [6, 6.07) is 12.8. The van der Waals surface area contributed by atoms with Crippen molar-refractivity contribution in [1.29, 1.82) is 0 Å². The Hall–Kier alpha value is -6.73. The van der Waals surface area contributed by atoms with Gasteiger partial charge in [-0.15, -0.1) is 0 Å². The maximum absolute atomic E-state index is 15.8. The zero-order chi connectivity index (χ0) is 46.0. The lowest BCUT2D eigenvalue weighted by Gasteiger charge is -2.44. The summed E-state index contributed by atoms with van der Waals surface area (Å²) < 4.78 is 63.2. The molecular weight excluding hydrogens is 843 g/mol. The van der Waals surface area contributed by atoms with Crippen LogP contribution in [0.4, 0.5) is 34.6 Å². The minimum atomic E-state index is -4.99. The molecule has 0 aliphatic carbocycles. The molecule has 2 saturated heterocycles. The highest BCUT2D eigenvalue weighted by molar-refractivity contribution is 6.25. The van der Waals surface area contributed by atoms with Crippen molar-refractivity contribution in [2.45, 2.75) is 63.8 Å². The molecule has 19 heteroatoms. The fourth-order valence-electron chi connectivity index (χ4n) is 8.19. The van der Waals surface area contributed by atoms with Gasteiger partial charge in [-0.2, -0.15) is 13.2 Å². The number of likely N-dealkylation sites (N-methyl/N-ethyl adjacent to an activating group) is 1. The number of amides is 5. The van der Waals surface area contributed by atoms with E-state index in [0.717, 1.165) is 11.0 Å². The Labute approximate surface area is 364 Å². The number of H-pyrrole nitrogens is 1. The van der Waals surface area contributed by atoms with Crippen LogP contribution in [-0.2, 0) is 20.5 Å². The number of aromatic amines is 1. The van der Waals surface area contributed by atoms with Gasteiger partial charge in [0, 0.05) is 80.2 Å². The predicted molar refractivity (Wildman–Crippen MR) is 227 cm³/mol. The number of nitrogens with one attached hydrogen (secondary N) is 4. The first-order valence-corrected chi connectivity index (χ1v) is 20.6. The first kappa shape index (κ1) is 45.3. The number of pyridine rings is 1. The van der Waals surface area contributed by atoms with E-state index in [4.69, 9.17) is 4.74 Å². The molecule has 0 spiro atoms. The lowest BCUT2D eigenvalue weighted by Crippen LogP contribution is -2.55. The number of halogens is 4. The summed E-state index contributed by atoms with van der Waals surface area (Å²) >= 11 is 0. The number of ether oxygens (including phenoxy) is 1. The summed E-state index contributed by atoms with van der Waals surface area (Å²) in [4.78, 5) is 95.9. The molecule has 4 aromatic rings. The molecule has 3 aliphatic heterocycles. The second kappa shape index (κ2) is 18.5. The monoisotopic (exact) mass is 887 g/mol. The molecule has 4 heterocycles. The number of ketones is 1. The molecule has 5 amide bonds. The van der Waals surface area contributed by atoms with Crippen LogP contribution in [0.15, 0.2) is 71.7 Å². The molecule has 3 aliphatic rings. The van der Waals surface area contributed by atoms with E-state index in [2.05, 4.69) is 25.8 Å². The van der Waals surface area contributed by atoms with Gasteiger partial charge < -0.3 is 25.3 Å². The number of carbonyl (C=O) groups excluding carboxylic acids is 6. The maximum atomic E-state index is 15.8. The summed E-state index contributed by atoms with van der Waals surface area (Å²) in [6.45, 7) is 5.67. The van der Waals surface area contributed by atoms with Gasteiger partial charge in [0.25, 0.3) is 17.7 Å². The average Bonchev–Trinajstić information content (AvgIpc) is 3.50. The SMILES string of the molecule is C[C@@H]1CN(c2ccc(-c3ccc(C(=O)CCCOCCNc4cccc5c4C(=O)N(C4CCC(=O)NC4=O)C5=O)cc3F)cc2NC(=O)c2c[nH]c(=O)cc2C(F)(F)F)C[C@H](C)N1C. The number of imide groups is 2. The number of hydrogen-bond acceptors (Lipinski definition) is 11. The smallest absolute Gasteiger partial charge is 0.382 e. The number of piperidine rings is 1. The number of Topliss-reactive ketones (excluding diaryl/α,β-unsaturated/α-hetero) is 1. The van der Waals surface area contributed by atoms with E-state index in [9.17, 15) is 46.7 Å². The van der Waals surface area contributed by atoms with Crippen molar-refractivity contribution in [3.63, 3.8) is 0 Å². The summed E-state index contributed by atoms with van der Waals surface area (Å²) in [5.74, 6) is -4.67. The van der Waals surface area contributed by atoms with Gasteiger partial charge in [0.1, 0.15) is 11.9 Å². The zero-order valence-corrected chi connectivity index (χ0v) is 35.1. The zero-order valence-electron chi connectivity index (χ0n) is 35.1. The van der Waals surface area contributed by atoms with Crippen molar-refractivity contribution in [3.05, 3.63) is 111 Å². The fourth-order valence-corrected chi connectivity index (χ4v) is 8.19. The number of rotatable bonds is 14. The van der Waals surface area contributed by atoms with Gasteiger partial charge in [0.2, 0.25) is 17.4 Å². The molecular formula is C45H45F4N7O8. The Balaban J connectivity index is 0.968. The number of hydrogen-bond donors (Lipinski definition) is 4. The summed E-state index contributed by atoms with van der Waals surface area (Å²) in [5.41, 5.74) is -1.52. The molecule has 4 N–H and O–H groups in total. The van der Waals surface area contributed by atoms with Gasteiger partial charge in [-0.05, 0) is 69.6 Å². The van der Waals surface area contributed by atoms with E-state index >= 15 is 4.39 Å². The predicted octanol–water partition coefficient (Wildman–Crippen LogP) is 5.47. The second-order valence-electron chi connectivity index (χ2n) is 16.0. The van der Waals surface area contributed by atoms with E-state index in [1.165, 1.54) is 24.3 Å². The number of fused-ring (bicyclic) bond motifs is 1. The van der Waals surface area contributed by atoms with Crippen molar-refractivity contribution < 1.29 is 51.1 Å². The fraction of sp³-hybridized carbons (Fsp3) is 0.356. The third-order valence-corrected chi connectivity index (χ3v) is 11.7. The van der Waals surface area contributed by atoms with Gasteiger partial charge in [-0.25, -0.2) is 4.39 Å². The Kier molecular flexibility index (Phi) is 13.1. The van der Waals surface area contributed by atoms with E-state index in [1.807, 2.05) is 25.8 Å². The van der Waals surface area contributed by atoms with E-state index in [0.29, 0.717) is 43.1 Å². The molecule has 336 valence electrons. The highest BCUT2D eigenvalue weighted by Gasteiger charge is 2.45. The van der Waals surface area contributed by atoms with E-state index < -0.39 is 64.3 Å². The van der Waals surface area contributed by atoms with Crippen molar-refractivity contribution in [2.24, 2.45) is 0 Å². The number of nitrogens with zero attached hydrogens (tertiary/aromatic N) is 3. The normalized spacial score (nSPS) is 19.1. The molecule has 1 unspecified atom stereocenters. The highest BCUT2D eigenvalue weighted by atomic mass is 19.4. The number of piperazine rings is 1. The third kappa shape index (κ3) is 9.45. The van der Waals surface area contributed by atoms with E-state index in [1.54, 1.807) is 24.3 Å². The molecule has 1 aromatic heterocycles. The van der Waals surface area contributed by atoms with Gasteiger partial charge >= 0.3 is 6.18 Å². The Morgan fingerprint density at radius 1 is 0.891 bits per heavy atom. The molecule has 3 atom stereocenters. The minimum absolute atomic E-state index is 0.00355. The number of carbonyl (C=O) groups is 6. The van der Waals surface area contributed by atoms with Crippen molar-refractivity contribution in [2.75, 3.05) is 55.4 Å². The number of aromatic nitrogens is 1. The van der Waals surface area contributed by atoms with Gasteiger partial charge in [-0.3, -0.25) is 48.7 Å². The molecule has 0 radical (unpaired) electrons. The molecule has 15 nitrogen and oxygen atoms in total. The number of benzene rings is 3. The largest absolute Gasteiger partial charge is 0.417 e. The standard InChI is InChI=1S/C45H45F4N7O8/c1-24-22-55(23-25(2)54(24)3)35-12-10-26(19-34(35)52-41(60)30-21-51-39(59)20-31(30)45(47,48)49)28-11-9-27(18-32(28)46)37(57)8-5-16-64-17-15-50-33-7-4-6-29-40(33)44(63)56(43(29)62)36-13-14-38(58)53-42(36)61/h4,6-7,9-12,18-21,24-25,36,50H,5,8,13-17,22-23H2,1-3H3,(H,51,59)(H,52,60)(H,53,58,61)/t24-,25+,36?. The second-order valence-corrected chi connectivity index (χ2v) is 16.0. The molecule has 0 bridgehead atoms. The minimum Gasteiger partial charge on any atom is -0.382 e. The summed E-state index contributed by atoms with van der Waals surface area (Å²) in [6.07, 6.45) is -3.92. The number of anilines is 3. The van der Waals surface area contributed by atoms with Crippen molar-refractivity contribution in [3.8, 4) is 11.1 Å². The maximum Gasteiger partial charge on any atom is 0.417 e. The van der Waals surface area contributed by atoms with Crippen LogP contribution in [0.3, 0.4) is 0 Å². The van der Waals surface area contributed by atoms with Crippen LogP contribution >= 0.6 is 0 Å². The first-order valence-electron chi connectivity index (χ1n) is 20.6. The molecule has 0 saturated carbocycles. The highest BCUT2D eigenvalue weighted by Crippen LogP contribution is 2.37. The van der Waals surface area contributed by atoms with Crippen LogP contribution in [0, 0.1) is 5.82 Å². The molecule has 2 fully saturated rings. The molecule has 7 rings (SSSR count). The Morgan fingerprint density at radius 3 is 2.34 bits per heavy atom. The van der Waals surface area contributed by atoms with E-state index in [-0.39, 0.29) is 90.4 Å². The van der Waals surface area contributed by atoms with Crippen LogP contribution in [0.5, 0.6) is 0 Å². The molecule has 64 heavy (non-hydrogen) atoms. The number of alkyl halides is 3.